The summed E-state index contributed by atoms with van der Waals surface area (Å²) in [6.45, 7) is 0.0790. The van der Waals surface area contributed by atoms with Gasteiger partial charge in [-0.05, 0) is 11.1 Å². The number of urea groups is 1. The van der Waals surface area contributed by atoms with Gasteiger partial charge >= 0.3 is 19.8 Å². The van der Waals surface area contributed by atoms with Crippen LogP contribution in [0.2, 0.25) is 0 Å². The molecule has 0 spiro atoms. The molecule has 1 aromatic rings. The highest BCUT2D eigenvalue weighted by atomic mass is 31.2. The van der Waals surface area contributed by atoms with Gasteiger partial charge in [0.1, 0.15) is 6.04 Å². The number of hydrogen-bond donors (Lipinski definition) is 2. The van der Waals surface area contributed by atoms with Gasteiger partial charge in [0.05, 0.1) is 13.7 Å². The summed E-state index contributed by atoms with van der Waals surface area (Å²) >= 11 is 0. The first-order chi connectivity index (χ1) is 10.3. The zero-order valence-electron chi connectivity index (χ0n) is 11.4. The van der Waals surface area contributed by atoms with Crippen molar-refractivity contribution < 1.29 is 33.3 Å². The second kappa shape index (κ2) is 5.06. The monoisotopic (exact) mass is 328 g/mol. The van der Waals surface area contributed by atoms with Crippen molar-refractivity contribution in [2.24, 2.45) is 0 Å². The quantitative estimate of drug-likeness (QED) is 0.620. The maximum absolute atomic E-state index is 12.3. The molecule has 2 aliphatic rings. The fraction of sp³-hybridized carbons (Fsp3) is 0.333. The molecule has 1 fully saturated rings. The Morgan fingerprint density at radius 2 is 1.95 bits per heavy atom. The van der Waals surface area contributed by atoms with Crippen LogP contribution in [0.15, 0.2) is 24.3 Å². The van der Waals surface area contributed by atoms with Gasteiger partial charge in [-0.3, -0.25) is 0 Å². The Morgan fingerprint density at radius 3 is 2.55 bits per heavy atom. The van der Waals surface area contributed by atoms with Crippen molar-refractivity contribution in [2.45, 2.75) is 12.1 Å². The molecular formula is C12H13N2O7P. The third-order valence-corrected chi connectivity index (χ3v) is 4.06. The Bertz CT molecular complexity index is 688. The topological polar surface area (TPSA) is 117 Å². The number of esters is 1. The Labute approximate surface area is 125 Å². The van der Waals surface area contributed by atoms with E-state index in [1.165, 1.54) is 12.0 Å². The van der Waals surface area contributed by atoms with Gasteiger partial charge in [-0.25, -0.2) is 14.2 Å². The number of fused-ring (bicyclic) bond motifs is 4. The van der Waals surface area contributed by atoms with Gasteiger partial charge in [-0.15, -0.1) is 0 Å². The van der Waals surface area contributed by atoms with E-state index in [9.17, 15) is 14.2 Å². The van der Waals surface area contributed by atoms with Crippen LogP contribution in [0.25, 0.3) is 0 Å². The minimum Gasteiger partial charge on any atom is -0.467 e. The normalized spacial score (nSPS) is 23.5. The number of hydrogen-bond acceptors (Lipinski definition) is 5. The number of nitrogens with zero attached hydrogens (tertiary/aromatic N) is 2. The summed E-state index contributed by atoms with van der Waals surface area (Å²) in [5.41, 5.74) is 1.14. The molecule has 0 radical (unpaired) electrons. The largest absolute Gasteiger partial charge is 0.491 e. The Hall–Kier alpha value is -1.93. The van der Waals surface area contributed by atoms with E-state index in [0.717, 1.165) is 0 Å². The summed E-state index contributed by atoms with van der Waals surface area (Å²) in [6.07, 6.45) is 0. The lowest BCUT2D eigenvalue weighted by Crippen LogP contribution is -2.38. The van der Waals surface area contributed by atoms with Crippen molar-refractivity contribution in [3.05, 3.63) is 35.4 Å². The Morgan fingerprint density at radius 1 is 1.32 bits per heavy atom. The van der Waals surface area contributed by atoms with Crippen LogP contribution < -0.4 is 0 Å². The van der Waals surface area contributed by atoms with Crippen LogP contribution in [0.1, 0.15) is 23.2 Å². The summed E-state index contributed by atoms with van der Waals surface area (Å²) in [5, 5.41) is 0.628. The van der Waals surface area contributed by atoms with E-state index in [-0.39, 0.29) is 6.54 Å². The maximum Gasteiger partial charge on any atom is 0.491 e. The van der Waals surface area contributed by atoms with Gasteiger partial charge in [0, 0.05) is 0 Å². The van der Waals surface area contributed by atoms with Crippen LogP contribution in [0.4, 0.5) is 4.79 Å². The fourth-order valence-corrected chi connectivity index (χ4v) is 3.26. The molecule has 22 heavy (non-hydrogen) atoms. The second-order valence-electron chi connectivity index (χ2n) is 4.90. The highest BCUT2D eigenvalue weighted by Crippen LogP contribution is 2.48. The number of benzene rings is 1. The zero-order chi connectivity index (χ0) is 16.1. The van der Waals surface area contributed by atoms with E-state index in [1.807, 2.05) is 0 Å². The van der Waals surface area contributed by atoms with Gasteiger partial charge in [0.15, 0.2) is 6.04 Å². The lowest BCUT2D eigenvalue weighted by molar-refractivity contribution is -0.146. The smallest absolute Gasteiger partial charge is 0.467 e. The molecule has 1 saturated heterocycles. The number of ether oxygens (including phenoxy) is 1. The van der Waals surface area contributed by atoms with Crippen LogP contribution in [-0.4, -0.2) is 45.4 Å². The molecule has 0 saturated carbocycles. The Balaban J connectivity index is 2.08. The van der Waals surface area contributed by atoms with E-state index in [0.29, 0.717) is 16.2 Å². The van der Waals surface area contributed by atoms with Crippen LogP contribution in [0.3, 0.4) is 0 Å². The number of hydroxylamine groups is 2. The lowest BCUT2D eigenvalue weighted by atomic mass is 9.91. The Kier molecular flexibility index (Phi) is 3.45. The molecule has 2 atom stereocenters. The van der Waals surface area contributed by atoms with Crippen molar-refractivity contribution in [3.63, 3.8) is 0 Å². The number of rotatable bonds is 3. The molecule has 0 aliphatic carbocycles. The van der Waals surface area contributed by atoms with E-state index in [4.69, 9.17) is 14.5 Å². The van der Waals surface area contributed by atoms with Crippen LogP contribution in [-0.2, 0) is 18.7 Å². The SMILES string of the molecule is COC(=O)[C@H]1c2ccccc2[C@H]2CN1C(=O)N2OP(=O)(O)O. The molecular weight excluding hydrogens is 315 g/mol. The van der Waals surface area contributed by atoms with E-state index < -0.39 is 31.9 Å². The zero-order valence-corrected chi connectivity index (χ0v) is 12.3. The maximum atomic E-state index is 12.3. The van der Waals surface area contributed by atoms with Crippen molar-refractivity contribution in [1.29, 1.82) is 0 Å². The van der Waals surface area contributed by atoms with Gasteiger partial charge in [0.2, 0.25) is 0 Å². The molecule has 3 rings (SSSR count). The molecule has 2 amide bonds. The number of amides is 2. The molecule has 2 N–H and O–H groups in total. The average Bonchev–Trinajstić information content (AvgIpc) is 2.73. The van der Waals surface area contributed by atoms with Crippen molar-refractivity contribution >= 4 is 19.8 Å². The van der Waals surface area contributed by atoms with Crippen molar-refractivity contribution in [2.75, 3.05) is 13.7 Å². The van der Waals surface area contributed by atoms with Crippen molar-refractivity contribution in [1.82, 2.24) is 9.96 Å². The molecule has 9 nitrogen and oxygen atoms in total. The number of carbonyl (C=O) groups excluding carboxylic acids is 2. The predicted molar refractivity (Wildman–Crippen MR) is 71.0 cm³/mol. The lowest BCUT2D eigenvalue weighted by Gasteiger charge is -2.30. The summed E-state index contributed by atoms with van der Waals surface area (Å²) in [7, 11) is -3.69. The highest BCUT2D eigenvalue weighted by Gasteiger charge is 2.52. The highest BCUT2D eigenvalue weighted by molar-refractivity contribution is 7.46. The fourth-order valence-electron chi connectivity index (χ4n) is 2.84. The third-order valence-electron chi connectivity index (χ3n) is 3.67. The molecule has 0 aromatic heterocycles. The summed E-state index contributed by atoms with van der Waals surface area (Å²) in [4.78, 5) is 43.5. The second-order valence-corrected chi connectivity index (χ2v) is 6.05. The van der Waals surface area contributed by atoms with E-state index >= 15 is 0 Å². The van der Waals surface area contributed by atoms with Gasteiger partial charge < -0.3 is 19.4 Å². The van der Waals surface area contributed by atoms with Crippen molar-refractivity contribution in [3.8, 4) is 0 Å². The molecule has 0 unspecified atom stereocenters. The minimum atomic E-state index is -4.90. The number of phosphoric acid groups is 1. The van der Waals surface area contributed by atoms with Crippen LogP contribution in [0, 0.1) is 0 Å². The molecule has 1 aromatic carbocycles. The van der Waals surface area contributed by atoms with Crippen LogP contribution in [0.5, 0.6) is 0 Å². The van der Waals surface area contributed by atoms with Gasteiger partial charge in [0.25, 0.3) is 0 Å². The van der Waals surface area contributed by atoms with Gasteiger partial charge in [-0.1, -0.05) is 24.3 Å². The van der Waals surface area contributed by atoms with E-state index in [1.54, 1.807) is 24.3 Å². The standard InChI is InChI=1S/C12H13N2O7P/c1-20-11(15)10-8-5-3-2-4-7(8)9-6-13(10)12(16)14(9)21-22(17,18)19/h2-5,9-10H,6H2,1H3,(H2,17,18,19)/t9-,10-/m1/s1. The summed E-state index contributed by atoms with van der Waals surface area (Å²) in [6, 6.07) is 4.32. The molecule has 2 bridgehead atoms. The number of methoxy groups -OCH3 is 1. The first-order valence-electron chi connectivity index (χ1n) is 6.35. The third kappa shape index (κ3) is 2.28. The molecule has 10 heteroatoms. The molecule has 2 aliphatic heterocycles. The predicted octanol–water partition coefficient (Wildman–Crippen LogP) is 0.717. The first-order valence-corrected chi connectivity index (χ1v) is 7.88. The van der Waals surface area contributed by atoms with Gasteiger partial charge in [-0.2, -0.15) is 9.69 Å². The average molecular weight is 328 g/mol. The molecule has 2 heterocycles. The minimum absolute atomic E-state index is 0.0790. The number of carbonyl (C=O) groups is 2. The summed E-state index contributed by atoms with van der Waals surface area (Å²) in [5.74, 6) is -0.628. The van der Waals surface area contributed by atoms with E-state index in [2.05, 4.69) is 4.62 Å². The summed E-state index contributed by atoms with van der Waals surface area (Å²) < 4.78 is 20.3. The van der Waals surface area contributed by atoms with Crippen LogP contribution >= 0.6 is 7.82 Å². The first kappa shape index (κ1) is 15.0. The molecule has 118 valence electrons.